The Hall–Kier alpha value is -2.84. The smallest absolute Gasteiger partial charge is 0.344 e. The van der Waals surface area contributed by atoms with Gasteiger partial charge in [0.05, 0.1) is 25.6 Å². The quantitative estimate of drug-likeness (QED) is 0.153. The van der Waals surface area contributed by atoms with Crippen molar-refractivity contribution >= 4 is 25.2 Å². The molecule has 0 saturated carbocycles. The fourth-order valence-electron chi connectivity index (χ4n) is 3.56. The highest BCUT2D eigenvalue weighted by atomic mass is 31.2. The third-order valence-corrected chi connectivity index (χ3v) is 7.19. The summed E-state index contributed by atoms with van der Waals surface area (Å²) in [4.78, 5) is 24.1. The molecule has 1 heterocycles. The number of esters is 2. The van der Waals surface area contributed by atoms with Gasteiger partial charge in [-0.15, -0.1) is 0 Å². The number of oxime groups is 1. The summed E-state index contributed by atoms with van der Waals surface area (Å²) >= 11 is 0. The molecule has 0 fully saturated rings. The zero-order valence-electron chi connectivity index (χ0n) is 20.7. The van der Waals surface area contributed by atoms with Crippen LogP contribution in [0.5, 0.6) is 11.5 Å². The van der Waals surface area contributed by atoms with Crippen molar-refractivity contribution in [1.82, 2.24) is 5.09 Å². The second-order valence-corrected chi connectivity index (χ2v) is 10.3. The van der Waals surface area contributed by atoms with Crippen LogP contribution in [-0.4, -0.2) is 48.7 Å². The Morgan fingerprint density at radius 3 is 2.62 bits per heavy atom. The van der Waals surface area contributed by atoms with E-state index in [2.05, 4.69) is 10.2 Å². The summed E-state index contributed by atoms with van der Waals surface area (Å²) in [6.07, 6.45) is 1.90. The molecule has 2 rings (SSSR count). The van der Waals surface area contributed by atoms with Crippen molar-refractivity contribution in [1.29, 1.82) is 0 Å². The Morgan fingerprint density at radius 2 is 2.03 bits per heavy atom. The maximum absolute atomic E-state index is 13.5. The van der Waals surface area contributed by atoms with Crippen LogP contribution >= 0.6 is 7.52 Å². The first-order chi connectivity index (χ1) is 15.9. The van der Waals surface area contributed by atoms with Gasteiger partial charge in [-0.3, -0.25) is 9.36 Å². The summed E-state index contributed by atoms with van der Waals surface area (Å²) in [5.74, 6) is -0.870. The van der Waals surface area contributed by atoms with Crippen molar-refractivity contribution in [3.05, 3.63) is 33.9 Å². The molecule has 0 bridgehead atoms. The third kappa shape index (κ3) is 6.39. The van der Waals surface area contributed by atoms with E-state index in [9.17, 15) is 19.3 Å². The summed E-state index contributed by atoms with van der Waals surface area (Å²) in [6.45, 7) is 10.4. The van der Waals surface area contributed by atoms with Crippen LogP contribution in [-0.2, 0) is 36.5 Å². The van der Waals surface area contributed by atoms with Gasteiger partial charge in [0.15, 0.2) is 0 Å². The Bertz CT molecular complexity index is 1060. The van der Waals surface area contributed by atoms with Gasteiger partial charge in [-0.2, -0.15) is 0 Å². The fourth-order valence-corrected chi connectivity index (χ4v) is 5.53. The number of hydrogen-bond acceptors (Lipinski definition) is 9. The number of aromatic hydroxyl groups is 1. The first-order valence-corrected chi connectivity index (χ1v) is 12.7. The van der Waals surface area contributed by atoms with E-state index in [4.69, 9.17) is 18.8 Å². The molecule has 0 aliphatic carbocycles. The average molecular weight is 496 g/mol. The lowest BCUT2D eigenvalue weighted by Gasteiger charge is -2.21. The SMILES string of the molecule is CCOC(=O)[C@H](C)NP(=O)(CC(C)=CCc1c(O)c2c(c(C)c1OC)COC2=O)ON=C(C)C. The molecule has 0 amide bonds. The minimum absolute atomic E-state index is 0.0530. The number of carbonyl (C=O) groups is 2. The van der Waals surface area contributed by atoms with Gasteiger partial charge in [0.1, 0.15) is 29.7 Å². The van der Waals surface area contributed by atoms with Crippen LogP contribution in [0.25, 0.3) is 0 Å². The molecule has 2 atom stereocenters. The van der Waals surface area contributed by atoms with Crippen molar-refractivity contribution in [3.8, 4) is 11.5 Å². The highest BCUT2D eigenvalue weighted by Crippen LogP contribution is 2.46. The van der Waals surface area contributed by atoms with Gasteiger partial charge in [-0.05, 0) is 53.5 Å². The fraction of sp³-hybridized carbons (Fsp3) is 0.522. The summed E-state index contributed by atoms with van der Waals surface area (Å²) in [5, 5.41) is 17.3. The average Bonchev–Trinajstić information content (AvgIpc) is 3.15. The molecule has 1 aromatic rings. The first kappa shape index (κ1) is 27.4. The molecule has 1 aromatic carbocycles. The summed E-state index contributed by atoms with van der Waals surface area (Å²) in [6, 6.07) is -0.875. The molecule has 1 aliphatic rings. The predicted octanol–water partition coefficient (Wildman–Crippen LogP) is 4.02. The van der Waals surface area contributed by atoms with Gasteiger partial charge in [-0.25, -0.2) is 9.88 Å². The van der Waals surface area contributed by atoms with Crippen LogP contribution in [0.1, 0.15) is 61.7 Å². The lowest BCUT2D eigenvalue weighted by molar-refractivity contribution is -0.144. The zero-order chi connectivity index (χ0) is 25.6. The largest absolute Gasteiger partial charge is 0.507 e. The van der Waals surface area contributed by atoms with Gasteiger partial charge >= 0.3 is 19.5 Å². The topological polar surface area (TPSA) is 133 Å². The van der Waals surface area contributed by atoms with Crippen LogP contribution in [0, 0.1) is 6.92 Å². The first-order valence-electron chi connectivity index (χ1n) is 10.9. The number of phenolic OH excluding ortho intramolecular Hbond substituents is 1. The van der Waals surface area contributed by atoms with Crippen molar-refractivity contribution in [2.75, 3.05) is 19.9 Å². The van der Waals surface area contributed by atoms with E-state index >= 15 is 0 Å². The molecular formula is C23H33N2O8P. The number of nitrogens with zero attached hydrogens (tertiary/aromatic N) is 1. The Kier molecular flexibility index (Phi) is 9.29. The maximum atomic E-state index is 13.5. The van der Waals surface area contributed by atoms with Crippen molar-refractivity contribution in [2.45, 2.75) is 60.6 Å². The van der Waals surface area contributed by atoms with Gasteiger partial charge in [-0.1, -0.05) is 16.8 Å². The number of cyclic esters (lactones) is 1. The van der Waals surface area contributed by atoms with Gasteiger partial charge in [0, 0.05) is 11.1 Å². The van der Waals surface area contributed by atoms with E-state index in [1.807, 2.05) is 0 Å². The molecule has 2 N–H and O–H groups in total. The maximum Gasteiger partial charge on any atom is 0.344 e. The second-order valence-electron chi connectivity index (χ2n) is 8.22. The highest BCUT2D eigenvalue weighted by Gasteiger charge is 2.33. The van der Waals surface area contributed by atoms with Crippen molar-refractivity contribution in [3.63, 3.8) is 0 Å². The van der Waals surface area contributed by atoms with Crippen molar-refractivity contribution in [2.24, 2.45) is 5.16 Å². The number of nitrogens with one attached hydrogen (secondary N) is 1. The lowest BCUT2D eigenvalue weighted by atomic mass is 9.95. The van der Waals surface area contributed by atoms with Crippen LogP contribution in [0.3, 0.4) is 0 Å². The molecule has 0 aromatic heterocycles. The summed E-state index contributed by atoms with van der Waals surface area (Å²) < 4.78 is 34.3. The predicted molar refractivity (Wildman–Crippen MR) is 128 cm³/mol. The van der Waals surface area contributed by atoms with Crippen molar-refractivity contribution < 1.29 is 38.1 Å². The Labute approximate surface area is 199 Å². The molecule has 0 saturated heterocycles. The molecule has 10 nitrogen and oxygen atoms in total. The molecule has 188 valence electrons. The number of allylic oxidation sites excluding steroid dienone is 2. The minimum Gasteiger partial charge on any atom is -0.507 e. The number of ether oxygens (including phenoxy) is 3. The number of rotatable bonds is 11. The molecule has 34 heavy (non-hydrogen) atoms. The van der Waals surface area contributed by atoms with E-state index in [-0.39, 0.29) is 37.1 Å². The van der Waals surface area contributed by atoms with Gasteiger partial charge < -0.3 is 23.9 Å². The van der Waals surface area contributed by atoms with Crippen LogP contribution in [0.2, 0.25) is 0 Å². The molecule has 1 aliphatic heterocycles. The van der Waals surface area contributed by atoms with Crippen LogP contribution in [0.15, 0.2) is 16.8 Å². The highest BCUT2D eigenvalue weighted by molar-refractivity contribution is 7.57. The minimum atomic E-state index is -3.62. The van der Waals surface area contributed by atoms with E-state index in [0.29, 0.717) is 33.7 Å². The summed E-state index contributed by atoms with van der Waals surface area (Å²) in [7, 11) is -2.14. The molecule has 0 spiro atoms. The normalized spacial score (nSPS) is 15.6. The van der Waals surface area contributed by atoms with E-state index in [1.54, 1.807) is 40.7 Å². The van der Waals surface area contributed by atoms with E-state index in [1.165, 1.54) is 14.0 Å². The number of benzene rings is 1. The monoisotopic (exact) mass is 496 g/mol. The lowest BCUT2D eigenvalue weighted by Crippen LogP contribution is -2.34. The Balaban J connectivity index is 2.32. The molecule has 1 unspecified atom stereocenters. The third-order valence-electron chi connectivity index (χ3n) is 5.15. The number of hydrogen-bond donors (Lipinski definition) is 2. The van der Waals surface area contributed by atoms with Gasteiger partial charge in [0.2, 0.25) is 0 Å². The van der Waals surface area contributed by atoms with Gasteiger partial charge in [0.25, 0.3) is 0 Å². The van der Waals surface area contributed by atoms with Crippen LogP contribution < -0.4 is 9.82 Å². The van der Waals surface area contributed by atoms with E-state index in [0.717, 1.165) is 0 Å². The number of phenols is 1. The standard InChI is InChI=1S/C23H33N2O8P/c1-8-31-22(27)16(6)25-34(29,33-24-13(2)3)12-14(4)9-10-17-20(26)19-18(11-32-23(19)28)15(5)21(17)30-7/h9,16,26H,8,10-12H2,1-7H3,(H,25,29)/t16-,34?/m0/s1. The molecule has 11 heteroatoms. The number of fused-ring (bicyclic) bond motifs is 1. The molecule has 0 radical (unpaired) electrons. The molecular weight excluding hydrogens is 463 g/mol. The zero-order valence-corrected chi connectivity index (χ0v) is 21.6. The number of carbonyl (C=O) groups excluding carboxylic acids is 2. The Morgan fingerprint density at radius 1 is 1.35 bits per heavy atom. The van der Waals surface area contributed by atoms with Crippen LogP contribution in [0.4, 0.5) is 0 Å². The van der Waals surface area contributed by atoms with E-state index < -0.39 is 25.5 Å². The summed E-state index contributed by atoms with van der Waals surface area (Å²) in [5.41, 5.74) is 3.09. The number of methoxy groups -OCH3 is 1. The second kappa shape index (κ2) is 11.5.